The second-order valence-electron chi connectivity index (χ2n) is 2.84. The van der Waals surface area contributed by atoms with Gasteiger partial charge < -0.3 is 4.74 Å². The highest BCUT2D eigenvalue weighted by molar-refractivity contribution is 5.96. The quantitative estimate of drug-likeness (QED) is 0.544. The summed E-state index contributed by atoms with van der Waals surface area (Å²) in [4.78, 5) is 15.0. The fraction of sp³-hybridized carbons (Fsp3) is 0.125. The summed E-state index contributed by atoms with van der Waals surface area (Å²) in [6.45, 7) is 0.331. The van der Waals surface area contributed by atoms with Crippen molar-refractivity contribution in [3.63, 3.8) is 0 Å². The van der Waals surface area contributed by atoms with E-state index in [2.05, 4.69) is 10.1 Å². The highest BCUT2D eigenvalue weighted by atomic mass is 16.5. The van der Waals surface area contributed by atoms with Crippen molar-refractivity contribution < 1.29 is 9.53 Å². The Labute approximate surface area is 73.0 Å². The van der Waals surface area contributed by atoms with Gasteiger partial charge in [-0.25, -0.2) is 14.3 Å². The molecule has 0 saturated heterocycles. The molecule has 2 aromatic rings. The van der Waals surface area contributed by atoms with Gasteiger partial charge in [-0.1, -0.05) is 0 Å². The Morgan fingerprint density at radius 3 is 3.38 bits per heavy atom. The molecule has 5 nitrogen and oxygen atoms in total. The Morgan fingerprint density at radius 2 is 2.46 bits per heavy atom. The fourth-order valence-electron chi connectivity index (χ4n) is 1.51. The van der Waals surface area contributed by atoms with Crippen molar-refractivity contribution >= 4 is 11.5 Å². The van der Waals surface area contributed by atoms with E-state index in [1.807, 2.05) is 0 Å². The van der Waals surface area contributed by atoms with Crippen LogP contribution in [0.5, 0.6) is 0 Å². The normalized spacial score (nSPS) is 14.6. The molecule has 0 fully saturated rings. The number of hydrogen-bond acceptors (Lipinski definition) is 4. The monoisotopic (exact) mass is 175 g/mol. The zero-order valence-electron chi connectivity index (χ0n) is 6.60. The van der Waals surface area contributed by atoms with E-state index < -0.39 is 0 Å². The van der Waals surface area contributed by atoms with Crippen LogP contribution in [0.15, 0.2) is 18.7 Å². The number of carbonyl (C=O) groups is 1. The van der Waals surface area contributed by atoms with Gasteiger partial charge in [0.2, 0.25) is 0 Å². The summed E-state index contributed by atoms with van der Waals surface area (Å²) in [5.41, 5.74) is 2.31. The highest BCUT2D eigenvalue weighted by Gasteiger charge is 2.25. The molecular formula is C8H5N3O2. The van der Waals surface area contributed by atoms with Gasteiger partial charge in [-0.3, -0.25) is 0 Å². The third-order valence-corrected chi connectivity index (χ3v) is 2.14. The summed E-state index contributed by atoms with van der Waals surface area (Å²) >= 11 is 0. The van der Waals surface area contributed by atoms with Crippen LogP contribution in [0.2, 0.25) is 0 Å². The lowest BCUT2D eigenvalue weighted by Gasteiger charge is -1.93. The third-order valence-electron chi connectivity index (χ3n) is 2.14. The maximum Gasteiger partial charge on any atom is 0.340 e. The first-order valence-corrected chi connectivity index (χ1v) is 3.83. The number of carbonyl (C=O) groups excluding carboxylic acids is 1. The lowest BCUT2D eigenvalue weighted by molar-refractivity contribution is 0.0534. The smallest absolute Gasteiger partial charge is 0.340 e. The van der Waals surface area contributed by atoms with Gasteiger partial charge >= 0.3 is 5.97 Å². The van der Waals surface area contributed by atoms with Crippen molar-refractivity contribution in [2.75, 3.05) is 0 Å². The third kappa shape index (κ3) is 0.729. The van der Waals surface area contributed by atoms with Crippen molar-refractivity contribution in [3.8, 4) is 0 Å². The zero-order chi connectivity index (χ0) is 8.84. The molecule has 2 aromatic heterocycles. The summed E-state index contributed by atoms with van der Waals surface area (Å²) in [5.74, 6) is -0.277. The lowest BCUT2D eigenvalue weighted by Crippen LogP contribution is -1.95. The summed E-state index contributed by atoms with van der Waals surface area (Å²) in [7, 11) is 0. The topological polar surface area (TPSA) is 56.5 Å². The number of esters is 1. The van der Waals surface area contributed by atoms with Gasteiger partial charge in [0.05, 0.1) is 17.3 Å². The van der Waals surface area contributed by atoms with Crippen LogP contribution in [0.1, 0.15) is 15.9 Å². The molecule has 0 radical (unpaired) electrons. The van der Waals surface area contributed by atoms with Gasteiger partial charge in [0.25, 0.3) is 0 Å². The molecule has 3 heterocycles. The molecule has 64 valence electrons. The molecule has 1 aliphatic heterocycles. The maximum atomic E-state index is 11.2. The predicted molar refractivity (Wildman–Crippen MR) is 42.1 cm³/mol. The van der Waals surface area contributed by atoms with E-state index in [1.165, 1.54) is 6.33 Å². The number of fused-ring (bicyclic) bond motifs is 3. The largest absolute Gasteiger partial charge is 0.457 e. The van der Waals surface area contributed by atoms with Crippen LogP contribution in [-0.4, -0.2) is 20.6 Å². The van der Waals surface area contributed by atoms with Gasteiger partial charge in [-0.2, -0.15) is 5.10 Å². The molecule has 13 heavy (non-hydrogen) atoms. The Kier molecular flexibility index (Phi) is 1.05. The summed E-state index contributed by atoms with van der Waals surface area (Å²) in [6, 6.07) is 0. The van der Waals surface area contributed by atoms with Crippen LogP contribution >= 0.6 is 0 Å². The van der Waals surface area contributed by atoms with E-state index in [0.29, 0.717) is 12.2 Å². The molecular weight excluding hydrogens is 170 g/mol. The molecule has 0 spiro atoms. The van der Waals surface area contributed by atoms with Gasteiger partial charge in [0.15, 0.2) is 0 Å². The van der Waals surface area contributed by atoms with Crippen molar-refractivity contribution in [1.29, 1.82) is 0 Å². The van der Waals surface area contributed by atoms with Crippen LogP contribution in [0.3, 0.4) is 0 Å². The first-order valence-electron chi connectivity index (χ1n) is 3.83. The Hall–Kier alpha value is -1.91. The lowest BCUT2D eigenvalue weighted by atomic mass is 10.2. The van der Waals surface area contributed by atoms with Crippen LogP contribution in [0.4, 0.5) is 0 Å². The molecule has 0 saturated carbocycles. The fourth-order valence-corrected chi connectivity index (χ4v) is 1.51. The number of hydrogen-bond donors (Lipinski definition) is 0. The molecule has 3 rings (SSSR count). The molecule has 0 aromatic carbocycles. The highest BCUT2D eigenvalue weighted by Crippen LogP contribution is 2.24. The summed E-state index contributed by atoms with van der Waals surface area (Å²) < 4.78 is 6.50. The number of ether oxygens (including phenoxy) is 1. The van der Waals surface area contributed by atoms with Crippen LogP contribution in [-0.2, 0) is 11.3 Å². The molecule has 0 unspecified atom stereocenters. The molecule has 5 heteroatoms. The van der Waals surface area contributed by atoms with Crippen molar-refractivity contribution in [2.45, 2.75) is 6.61 Å². The second-order valence-corrected chi connectivity index (χ2v) is 2.84. The summed E-state index contributed by atoms with van der Waals surface area (Å²) in [5, 5.41) is 3.98. The number of nitrogens with zero attached hydrogens (tertiary/aromatic N) is 3. The zero-order valence-corrected chi connectivity index (χ0v) is 6.60. The minimum Gasteiger partial charge on any atom is -0.457 e. The van der Waals surface area contributed by atoms with Crippen LogP contribution in [0.25, 0.3) is 5.52 Å². The van der Waals surface area contributed by atoms with E-state index in [-0.39, 0.29) is 5.97 Å². The Balaban J connectivity index is 2.44. The van der Waals surface area contributed by atoms with Gasteiger partial charge in [-0.15, -0.1) is 0 Å². The minimum absolute atomic E-state index is 0.277. The number of cyclic esters (lactones) is 1. The summed E-state index contributed by atoms with van der Waals surface area (Å²) in [6.07, 6.45) is 4.78. The van der Waals surface area contributed by atoms with Crippen LogP contribution < -0.4 is 0 Å². The van der Waals surface area contributed by atoms with Gasteiger partial charge in [0.1, 0.15) is 12.9 Å². The minimum atomic E-state index is -0.277. The van der Waals surface area contributed by atoms with Crippen molar-refractivity contribution in [2.24, 2.45) is 0 Å². The SMILES string of the molecule is O=C1OCc2c1cn1ncncc21. The Bertz CT molecular complexity index is 503. The molecule has 0 N–H and O–H groups in total. The van der Waals surface area contributed by atoms with E-state index in [4.69, 9.17) is 4.74 Å². The molecule has 0 bridgehead atoms. The van der Waals surface area contributed by atoms with Gasteiger partial charge in [-0.05, 0) is 0 Å². The number of aromatic nitrogens is 3. The average Bonchev–Trinajstić information content (AvgIpc) is 2.67. The number of rotatable bonds is 0. The first-order chi connectivity index (χ1) is 6.36. The van der Waals surface area contributed by atoms with E-state index in [0.717, 1.165) is 11.1 Å². The molecule has 0 aliphatic carbocycles. The molecule has 1 aliphatic rings. The van der Waals surface area contributed by atoms with Crippen molar-refractivity contribution in [3.05, 3.63) is 29.8 Å². The average molecular weight is 175 g/mol. The molecule has 0 atom stereocenters. The van der Waals surface area contributed by atoms with Gasteiger partial charge in [0, 0.05) is 11.8 Å². The molecule has 0 amide bonds. The van der Waals surface area contributed by atoms with E-state index >= 15 is 0 Å². The Morgan fingerprint density at radius 1 is 1.54 bits per heavy atom. The first kappa shape index (κ1) is 6.59. The van der Waals surface area contributed by atoms with E-state index in [1.54, 1.807) is 16.9 Å². The maximum absolute atomic E-state index is 11.2. The van der Waals surface area contributed by atoms with E-state index in [9.17, 15) is 4.79 Å². The van der Waals surface area contributed by atoms with Crippen molar-refractivity contribution in [1.82, 2.24) is 14.6 Å². The standard InChI is InChI=1S/C8H5N3O2/c12-8-5-2-11-7(1-9-4-10-11)6(5)3-13-8/h1-2,4H,3H2. The predicted octanol–water partition coefficient (Wildman–Crippen LogP) is 0.400. The van der Waals surface area contributed by atoms with Crippen LogP contribution in [0, 0.1) is 0 Å². The second kappa shape index (κ2) is 2.07.